The van der Waals surface area contributed by atoms with Crippen LogP contribution in [-0.2, 0) is 16.8 Å². The zero-order chi connectivity index (χ0) is 18.0. The number of aryl methyl sites for hydroxylation is 2. The summed E-state index contributed by atoms with van der Waals surface area (Å²) in [6.07, 6.45) is 0.808. The Bertz CT molecular complexity index is 888. The lowest BCUT2D eigenvalue weighted by atomic mass is 9.96. The van der Waals surface area contributed by atoms with Crippen molar-refractivity contribution < 1.29 is 9.90 Å². The van der Waals surface area contributed by atoms with Crippen LogP contribution in [0.1, 0.15) is 29.7 Å². The van der Waals surface area contributed by atoms with Gasteiger partial charge in [-0.25, -0.2) is 0 Å². The molecule has 7 nitrogen and oxygen atoms in total. The van der Waals surface area contributed by atoms with E-state index in [9.17, 15) is 9.90 Å². The Kier molecular flexibility index (Phi) is 5.03. The molecule has 25 heavy (non-hydrogen) atoms. The molecule has 0 aliphatic carbocycles. The highest BCUT2D eigenvalue weighted by Crippen LogP contribution is 2.22. The van der Waals surface area contributed by atoms with Crippen LogP contribution in [0.2, 0.25) is 5.02 Å². The molecule has 3 rings (SSSR count). The maximum Gasteiger partial charge on any atom is 0.234 e. The van der Waals surface area contributed by atoms with Crippen molar-refractivity contribution in [2.75, 3.05) is 6.54 Å². The number of benzene rings is 1. The molecule has 1 aromatic carbocycles. The third kappa shape index (κ3) is 4.15. The molecular formula is C16H18ClN5O2S. The van der Waals surface area contributed by atoms with E-state index in [2.05, 4.69) is 20.6 Å². The molecule has 1 amide bonds. The Morgan fingerprint density at radius 3 is 2.76 bits per heavy atom. The summed E-state index contributed by atoms with van der Waals surface area (Å²) in [5.41, 5.74) is -0.466. The maximum atomic E-state index is 12.1. The second-order valence-electron chi connectivity index (χ2n) is 5.99. The van der Waals surface area contributed by atoms with E-state index >= 15 is 0 Å². The summed E-state index contributed by atoms with van der Waals surface area (Å²) in [5, 5.41) is 27.0. The minimum atomic E-state index is -1.16. The maximum absolute atomic E-state index is 12.1. The molecule has 2 N–H and O–H groups in total. The number of rotatable bonds is 6. The van der Waals surface area contributed by atoms with E-state index < -0.39 is 5.60 Å². The number of aliphatic hydroxyl groups is 1. The van der Waals surface area contributed by atoms with Crippen molar-refractivity contribution in [2.24, 2.45) is 0 Å². The third-order valence-corrected chi connectivity index (χ3v) is 5.06. The molecule has 9 heteroatoms. The molecule has 0 saturated carbocycles. The highest BCUT2D eigenvalue weighted by atomic mass is 35.5. The summed E-state index contributed by atoms with van der Waals surface area (Å²) in [6, 6.07) is 6.91. The molecule has 0 saturated heterocycles. The second kappa shape index (κ2) is 7.07. The molecule has 0 aliphatic heterocycles. The van der Waals surface area contributed by atoms with E-state index in [1.807, 2.05) is 6.92 Å². The molecule has 132 valence electrons. The van der Waals surface area contributed by atoms with Gasteiger partial charge in [0, 0.05) is 17.9 Å². The summed E-state index contributed by atoms with van der Waals surface area (Å²) in [4.78, 5) is 12.8. The van der Waals surface area contributed by atoms with E-state index in [0.717, 1.165) is 15.8 Å². The van der Waals surface area contributed by atoms with E-state index in [1.165, 1.54) is 11.3 Å². The van der Waals surface area contributed by atoms with E-state index in [4.69, 9.17) is 11.6 Å². The number of amides is 1. The molecule has 0 bridgehead atoms. The van der Waals surface area contributed by atoms with Gasteiger partial charge in [-0.2, -0.15) is 9.61 Å². The zero-order valence-electron chi connectivity index (χ0n) is 13.9. The van der Waals surface area contributed by atoms with E-state index in [0.29, 0.717) is 23.4 Å². The highest BCUT2D eigenvalue weighted by molar-refractivity contribution is 7.16. The highest BCUT2D eigenvalue weighted by Gasteiger charge is 2.23. The SMILES string of the molecule is Cc1nnc2sc(CCC(=O)NCC(C)(O)c3ccc(Cl)cc3)nn12. The third-order valence-electron chi connectivity index (χ3n) is 3.85. The Labute approximate surface area is 153 Å². The van der Waals surface area contributed by atoms with Gasteiger partial charge in [0.2, 0.25) is 10.9 Å². The predicted octanol–water partition coefficient (Wildman–Crippen LogP) is 2.10. The molecule has 0 aliphatic rings. The van der Waals surface area contributed by atoms with E-state index in [1.54, 1.807) is 35.7 Å². The van der Waals surface area contributed by atoms with Gasteiger partial charge >= 0.3 is 0 Å². The first-order valence-electron chi connectivity index (χ1n) is 7.78. The molecular weight excluding hydrogens is 362 g/mol. The fraction of sp³-hybridized carbons (Fsp3) is 0.375. The number of halogens is 1. The topological polar surface area (TPSA) is 92.4 Å². The molecule has 3 aromatic rings. The lowest BCUT2D eigenvalue weighted by molar-refractivity contribution is -0.122. The van der Waals surface area contributed by atoms with Crippen LogP contribution >= 0.6 is 22.9 Å². The number of carbonyl (C=O) groups excluding carboxylic acids is 1. The zero-order valence-corrected chi connectivity index (χ0v) is 15.4. The fourth-order valence-electron chi connectivity index (χ4n) is 2.35. The summed E-state index contributed by atoms with van der Waals surface area (Å²) >= 11 is 7.27. The first-order valence-corrected chi connectivity index (χ1v) is 8.97. The van der Waals surface area contributed by atoms with Crippen LogP contribution in [0.25, 0.3) is 4.96 Å². The normalized spacial score (nSPS) is 13.8. The monoisotopic (exact) mass is 379 g/mol. The average molecular weight is 380 g/mol. The number of hydrogen-bond acceptors (Lipinski definition) is 6. The number of hydrogen-bond donors (Lipinski definition) is 2. The molecule has 2 aromatic heterocycles. The van der Waals surface area contributed by atoms with Crippen molar-refractivity contribution in [2.45, 2.75) is 32.3 Å². The quantitative estimate of drug-likeness (QED) is 0.684. The van der Waals surface area contributed by atoms with Crippen LogP contribution in [0.3, 0.4) is 0 Å². The second-order valence-corrected chi connectivity index (χ2v) is 7.47. The fourth-order valence-corrected chi connectivity index (χ4v) is 3.35. The van der Waals surface area contributed by atoms with Gasteiger partial charge in [0.15, 0.2) is 5.82 Å². The Morgan fingerprint density at radius 1 is 1.36 bits per heavy atom. The number of aromatic nitrogens is 4. The van der Waals surface area contributed by atoms with Crippen LogP contribution in [0.5, 0.6) is 0 Å². The summed E-state index contributed by atoms with van der Waals surface area (Å²) in [6.45, 7) is 3.61. The Balaban J connectivity index is 1.52. The number of fused-ring (bicyclic) bond motifs is 1. The average Bonchev–Trinajstić information content (AvgIpc) is 3.13. The molecule has 1 unspecified atom stereocenters. The first-order chi connectivity index (χ1) is 11.8. The number of carbonyl (C=O) groups is 1. The van der Waals surface area contributed by atoms with Crippen molar-refractivity contribution in [3.63, 3.8) is 0 Å². The minimum Gasteiger partial charge on any atom is -0.384 e. The smallest absolute Gasteiger partial charge is 0.234 e. The van der Waals surface area contributed by atoms with Gasteiger partial charge in [-0.3, -0.25) is 4.79 Å². The standard InChI is InChI=1S/C16H18ClN5O2S/c1-10-19-20-15-22(10)21-14(25-15)8-7-13(23)18-9-16(2,24)11-3-5-12(17)6-4-11/h3-6,24H,7-9H2,1-2H3,(H,18,23). The van der Waals surface area contributed by atoms with Crippen LogP contribution in [-0.4, -0.2) is 37.4 Å². The van der Waals surface area contributed by atoms with Gasteiger partial charge in [0.25, 0.3) is 0 Å². The Morgan fingerprint density at radius 2 is 2.08 bits per heavy atom. The van der Waals surface area contributed by atoms with Crippen molar-refractivity contribution >= 4 is 33.8 Å². The van der Waals surface area contributed by atoms with Crippen LogP contribution < -0.4 is 5.32 Å². The van der Waals surface area contributed by atoms with Gasteiger partial charge in [0.1, 0.15) is 10.6 Å². The minimum absolute atomic E-state index is 0.123. The van der Waals surface area contributed by atoms with Crippen molar-refractivity contribution in [3.8, 4) is 0 Å². The van der Waals surface area contributed by atoms with Gasteiger partial charge < -0.3 is 10.4 Å². The summed E-state index contributed by atoms with van der Waals surface area (Å²) in [7, 11) is 0. The van der Waals surface area contributed by atoms with Crippen molar-refractivity contribution in [1.82, 2.24) is 25.1 Å². The van der Waals surface area contributed by atoms with Crippen LogP contribution in [0, 0.1) is 6.92 Å². The van der Waals surface area contributed by atoms with Crippen molar-refractivity contribution in [3.05, 3.63) is 45.7 Å². The molecule has 2 heterocycles. The number of nitrogens with one attached hydrogen (secondary N) is 1. The van der Waals surface area contributed by atoms with Crippen LogP contribution in [0.4, 0.5) is 0 Å². The van der Waals surface area contributed by atoms with E-state index in [-0.39, 0.29) is 12.5 Å². The van der Waals surface area contributed by atoms with Crippen LogP contribution in [0.15, 0.2) is 24.3 Å². The van der Waals surface area contributed by atoms with Gasteiger partial charge in [0.05, 0.1) is 6.54 Å². The summed E-state index contributed by atoms with van der Waals surface area (Å²) in [5.74, 6) is 0.581. The largest absolute Gasteiger partial charge is 0.384 e. The van der Waals surface area contributed by atoms with Gasteiger partial charge in [-0.1, -0.05) is 35.1 Å². The molecule has 0 fully saturated rings. The lowest BCUT2D eigenvalue weighted by Crippen LogP contribution is -2.38. The van der Waals surface area contributed by atoms with Crippen molar-refractivity contribution in [1.29, 1.82) is 0 Å². The summed E-state index contributed by atoms with van der Waals surface area (Å²) < 4.78 is 1.67. The molecule has 0 spiro atoms. The number of nitrogens with zero attached hydrogens (tertiary/aromatic N) is 4. The molecule has 1 atom stereocenters. The predicted molar refractivity (Wildman–Crippen MR) is 95.7 cm³/mol. The lowest BCUT2D eigenvalue weighted by Gasteiger charge is -2.24. The van der Waals surface area contributed by atoms with Gasteiger partial charge in [-0.05, 0) is 31.5 Å². The van der Waals surface area contributed by atoms with Gasteiger partial charge in [-0.15, -0.1) is 10.2 Å². The molecule has 0 radical (unpaired) electrons. The Hall–Kier alpha value is -2.03. The first kappa shape index (κ1) is 17.8.